The summed E-state index contributed by atoms with van der Waals surface area (Å²) < 4.78 is 16.2. The van der Waals surface area contributed by atoms with Crippen molar-refractivity contribution in [3.05, 3.63) is 66.5 Å². The molecule has 5 rings (SSSR count). The molecule has 11 heteroatoms. The summed E-state index contributed by atoms with van der Waals surface area (Å²) in [6.07, 6.45) is 3.57. The van der Waals surface area contributed by atoms with E-state index in [1.54, 1.807) is 35.3 Å². The first-order chi connectivity index (χ1) is 20.4. The number of benzene rings is 2. The van der Waals surface area contributed by atoms with Crippen molar-refractivity contribution in [2.24, 2.45) is 0 Å². The van der Waals surface area contributed by atoms with Gasteiger partial charge in [0.2, 0.25) is 0 Å². The van der Waals surface area contributed by atoms with Crippen molar-refractivity contribution in [3.63, 3.8) is 0 Å². The Balaban J connectivity index is 1.61. The third-order valence-electron chi connectivity index (χ3n) is 7.40. The largest absolute Gasteiger partial charge is 0.478 e. The molecule has 1 N–H and O–H groups in total. The zero-order valence-corrected chi connectivity index (χ0v) is 27.9. The van der Waals surface area contributed by atoms with E-state index >= 15 is 0 Å². The van der Waals surface area contributed by atoms with Crippen molar-refractivity contribution in [3.8, 4) is 22.6 Å². The third-order valence-corrected chi connectivity index (χ3v) is 10.8. The lowest BCUT2D eigenvalue weighted by Crippen LogP contribution is -2.22. The molecular weight excluding hydrogens is 575 g/mol. The number of hydrogen-bond donors (Lipinski definition) is 1. The van der Waals surface area contributed by atoms with E-state index in [0.29, 0.717) is 36.8 Å². The maximum absolute atomic E-state index is 11.9. The van der Waals surface area contributed by atoms with Crippen molar-refractivity contribution >= 4 is 44.1 Å². The Bertz CT molecular complexity index is 1740. The van der Waals surface area contributed by atoms with Crippen LogP contribution in [-0.2, 0) is 22.9 Å². The normalized spacial score (nSPS) is 12.4. The molecule has 0 bridgehead atoms. The standard InChI is InChI=1S/C32H41N5O4Si2/c1-42(2,3)17-15-40-21-36-29-20-24(23-11-13-33-14-12-23)7-9-27(29)34-31(36)30-26-19-25(32(38)39)8-10-28(26)37(35-30)22-41-16-18-43(4,5)6/h7-14,19-20H,15-18,21-22H2,1-6H3,(H,38,39). The van der Waals surface area contributed by atoms with Gasteiger partial charge in [-0.1, -0.05) is 45.3 Å². The summed E-state index contributed by atoms with van der Waals surface area (Å²) in [6.45, 7) is 15.8. The first-order valence-electron chi connectivity index (χ1n) is 14.7. The van der Waals surface area contributed by atoms with Gasteiger partial charge in [-0.2, -0.15) is 5.10 Å². The Morgan fingerprint density at radius 3 is 2.14 bits per heavy atom. The molecule has 2 aromatic carbocycles. The molecule has 0 spiro atoms. The van der Waals surface area contributed by atoms with E-state index in [0.717, 1.165) is 39.8 Å². The zero-order valence-electron chi connectivity index (χ0n) is 25.9. The van der Waals surface area contributed by atoms with Crippen molar-refractivity contribution in [2.75, 3.05) is 13.2 Å². The zero-order chi connectivity index (χ0) is 30.8. The number of rotatable bonds is 13. The highest BCUT2D eigenvalue weighted by Gasteiger charge is 2.22. The Kier molecular flexibility index (Phi) is 8.97. The fourth-order valence-corrected chi connectivity index (χ4v) is 6.31. The Hall–Kier alpha value is -3.65. The van der Waals surface area contributed by atoms with E-state index in [9.17, 15) is 9.90 Å². The molecular formula is C32H41N5O4Si2. The quantitative estimate of drug-likeness (QED) is 0.108. The van der Waals surface area contributed by atoms with Gasteiger partial charge in [0.25, 0.3) is 0 Å². The van der Waals surface area contributed by atoms with E-state index in [2.05, 4.69) is 61.0 Å². The van der Waals surface area contributed by atoms with Crippen LogP contribution in [0.4, 0.5) is 0 Å². The van der Waals surface area contributed by atoms with E-state index < -0.39 is 22.1 Å². The van der Waals surface area contributed by atoms with Crippen LogP contribution < -0.4 is 0 Å². The fraction of sp³-hybridized carbons (Fsp3) is 0.375. The van der Waals surface area contributed by atoms with Crippen LogP contribution in [-0.4, -0.2) is 64.8 Å². The van der Waals surface area contributed by atoms with Gasteiger partial charge < -0.3 is 14.6 Å². The number of pyridine rings is 1. The predicted octanol–water partition coefficient (Wildman–Crippen LogP) is 7.44. The molecule has 0 saturated carbocycles. The molecule has 226 valence electrons. The highest BCUT2D eigenvalue weighted by atomic mass is 28.3. The number of carbonyl (C=O) groups is 1. The first kappa shape index (κ1) is 30.8. The second kappa shape index (κ2) is 12.5. The minimum Gasteiger partial charge on any atom is -0.478 e. The number of hydrogen-bond acceptors (Lipinski definition) is 6. The molecule has 0 fully saturated rings. The summed E-state index contributed by atoms with van der Waals surface area (Å²) in [6, 6.07) is 17.3. The molecule has 0 aliphatic heterocycles. The van der Waals surface area contributed by atoms with Gasteiger partial charge in [-0.3, -0.25) is 9.55 Å². The lowest BCUT2D eigenvalue weighted by Gasteiger charge is -2.16. The molecule has 0 amide bonds. The number of aromatic nitrogens is 5. The summed E-state index contributed by atoms with van der Waals surface area (Å²) in [5, 5.41) is 15.5. The smallest absolute Gasteiger partial charge is 0.335 e. The van der Waals surface area contributed by atoms with Gasteiger partial charge in [-0.25, -0.2) is 14.5 Å². The third kappa shape index (κ3) is 7.47. The van der Waals surface area contributed by atoms with Crippen molar-refractivity contribution in [2.45, 2.75) is 64.8 Å². The number of aromatic carboxylic acids is 1. The maximum Gasteiger partial charge on any atom is 0.335 e. The summed E-state index contributed by atoms with van der Waals surface area (Å²) in [4.78, 5) is 21.1. The van der Waals surface area contributed by atoms with Gasteiger partial charge in [-0.15, -0.1) is 0 Å². The van der Waals surface area contributed by atoms with E-state index in [1.807, 2.05) is 18.2 Å². The van der Waals surface area contributed by atoms with Crippen LogP contribution in [0.1, 0.15) is 10.4 Å². The van der Waals surface area contributed by atoms with Gasteiger partial charge >= 0.3 is 5.97 Å². The van der Waals surface area contributed by atoms with Gasteiger partial charge in [0.05, 0.1) is 22.1 Å². The molecule has 0 aliphatic rings. The van der Waals surface area contributed by atoms with Crippen LogP contribution in [0.25, 0.3) is 44.6 Å². The lowest BCUT2D eigenvalue weighted by atomic mass is 10.1. The fourth-order valence-electron chi connectivity index (χ4n) is 4.80. The van der Waals surface area contributed by atoms with E-state index in [4.69, 9.17) is 19.6 Å². The number of carboxylic acids is 1. The summed E-state index contributed by atoms with van der Waals surface area (Å²) in [5.74, 6) is -0.361. The highest BCUT2D eigenvalue weighted by molar-refractivity contribution is 6.76. The monoisotopic (exact) mass is 615 g/mol. The van der Waals surface area contributed by atoms with Gasteiger partial charge in [-0.05, 0) is 65.7 Å². The Morgan fingerprint density at radius 2 is 1.49 bits per heavy atom. The molecule has 3 heterocycles. The van der Waals surface area contributed by atoms with Crippen LogP contribution in [0.5, 0.6) is 0 Å². The molecule has 3 aromatic heterocycles. The minimum absolute atomic E-state index is 0.196. The van der Waals surface area contributed by atoms with Crippen LogP contribution in [0.15, 0.2) is 60.9 Å². The van der Waals surface area contributed by atoms with Crippen LogP contribution >= 0.6 is 0 Å². The van der Waals surface area contributed by atoms with Crippen molar-refractivity contribution in [1.29, 1.82) is 0 Å². The summed E-state index contributed by atoms with van der Waals surface area (Å²) >= 11 is 0. The number of ether oxygens (including phenoxy) is 2. The molecule has 0 aliphatic carbocycles. The lowest BCUT2D eigenvalue weighted by molar-refractivity contribution is 0.0697. The van der Waals surface area contributed by atoms with Crippen LogP contribution in [0.3, 0.4) is 0 Å². The maximum atomic E-state index is 11.9. The summed E-state index contributed by atoms with van der Waals surface area (Å²) in [5.41, 5.74) is 5.42. The highest BCUT2D eigenvalue weighted by Crippen LogP contribution is 2.33. The predicted molar refractivity (Wildman–Crippen MR) is 177 cm³/mol. The second-order valence-corrected chi connectivity index (χ2v) is 24.6. The SMILES string of the molecule is C[Si](C)(C)CCOCn1nc(-c2nc3ccc(-c4ccncc4)cc3n2COCC[Si](C)(C)C)c2cc(C(=O)O)ccc21. The summed E-state index contributed by atoms with van der Waals surface area (Å²) in [7, 11) is -2.53. The molecule has 0 unspecified atom stereocenters. The average Bonchev–Trinajstić information content (AvgIpc) is 3.50. The first-order valence-corrected chi connectivity index (χ1v) is 22.1. The van der Waals surface area contributed by atoms with E-state index in [-0.39, 0.29) is 12.3 Å². The number of imidazole rings is 1. The van der Waals surface area contributed by atoms with Crippen molar-refractivity contribution < 1.29 is 19.4 Å². The minimum atomic E-state index is -1.28. The molecule has 43 heavy (non-hydrogen) atoms. The number of nitrogens with zero attached hydrogens (tertiary/aromatic N) is 5. The molecule has 0 atom stereocenters. The molecule has 5 aromatic rings. The number of fused-ring (bicyclic) bond motifs is 2. The van der Waals surface area contributed by atoms with Gasteiger partial charge in [0, 0.05) is 47.1 Å². The Morgan fingerprint density at radius 1 is 0.814 bits per heavy atom. The van der Waals surface area contributed by atoms with Crippen molar-refractivity contribution in [1.82, 2.24) is 24.3 Å². The van der Waals surface area contributed by atoms with Crippen LogP contribution in [0.2, 0.25) is 51.4 Å². The average molecular weight is 616 g/mol. The second-order valence-electron chi connectivity index (χ2n) is 13.4. The number of carboxylic acid groups (broad SMARTS) is 1. The molecule has 0 radical (unpaired) electrons. The topological polar surface area (TPSA) is 104 Å². The molecule has 9 nitrogen and oxygen atoms in total. The van der Waals surface area contributed by atoms with Crippen LogP contribution in [0, 0.1) is 0 Å². The Labute approximate surface area is 254 Å². The van der Waals surface area contributed by atoms with Gasteiger partial charge in [0.15, 0.2) is 5.82 Å². The molecule has 0 saturated heterocycles. The van der Waals surface area contributed by atoms with E-state index in [1.165, 1.54) is 0 Å². The van der Waals surface area contributed by atoms with Gasteiger partial charge in [0.1, 0.15) is 19.2 Å².